The molecule has 1 amide bonds. The molecule has 27 heavy (non-hydrogen) atoms. The molecule has 0 saturated carbocycles. The van der Waals surface area contributed by atoms with E-state index in [1.54, 1.807) is 34.6 Å². The number of carbonyl (C=O) groups excluding carboxylic acids is 3. The molecule has 1 aromatic heterocycles. The monoisotopic (exact) mass is 456 g/mol. The summed E-state index contributed by atoms with van der Waals surface area (Å²) in [4.78, 5) is 37.0. The highest BCUT2D eigenvalue weighted by atomic mass is 35.6. The average molecular weight is 458 g/mol. The third kappa shape index (κ3) is 6.24. The van der Waals surface area contributed by atoms with Crippen molar-refractivity contribution >= 4 is 68.8 Å². The molecule has 1 unspecified atom stereocenters. The van der Waals surface area contributed by atoms with Crippen LogP contribution in [0.4, 0.5) is 5.00 Å². The van der Waals surface area contributed by atoms with Crippen LogP contribution in [0.15, 0.2) is 0 Å². The molecule has 1 aromatic rings. The first-order chi connectivity index (χ1) is 12.2. The molecule has 0 aliphatic heterocycles. The number of ether oxygens (including phenoxy) is 1. The summed E-state index contributed by atoms with van der Waals surface area (Å²) in [6.07, 6.45) is -1.14. The molecule has 0 aliphatic carbocycles. The highest BCUT2D eigenvalue weighted by molar-refractivity contribution is 7.18. The Labute approximate surface area is 177 Å². The second-order valence-electron chi connectivity index (χ2n) is 6.88. The molecule has 2 N–H and O–H groups in total. The van der Waals surface area contributed by atoms with E-state index >= 15 is 0 Å². The minimum absolute atomic E-state index is 0.164. The number of ketones is 1. The van der Waals surface area contributed by atoms with Crippen molar-refractivity contribution in [2.45, 2.75) is 51.5 Å². The zero-order valence-corrected chi connectivity index (χ0v) is 19.0. The summed E-state index contributed by atoms with van der Waals surface area (Å²) in [5.41, 5.74) is -0.0783. The Balaban J connectivity index is 3.36. The van der Waals surface area contributed by atoms with Crippen LogP contribution >= 0.6 is 46.1 Å². The number of anilines is 1. The first-order valence-corrected chi connectivity index (χ1v) is 10.1. The molecule has 10 heteroatoms. The minimum Gasteiger partial charge on any atom is -0.462 e. The van der Waals surface area contributed by atoms with Gasteiger partial charge in [0.2, 0.25) is 9.70 Å². The van der Waals surface area contributed by atoms with Gasteiger partial charge in [0, 0.05) is 5.41 Å². The first-order valence-electron chi connectivity index (χ1n) is 8.15. The normalized spacial score (nSPS) is 13.1. The third-order valence-electron chi connectivity index (χ3n) is 3.51. The van der Waals surface area contributed by atoms with E-state index in [0.717, 1.165) is 11.3 Å². The van der Waals surface area contributed by atoms with Gasteiger partial charge >= 0.3 is 5.97 Å². The highest BCUT2D eigenvalue weighted by Gasteiger charge is 2.38. The van der Waals surface area contributed by atoms with Crippen LogP contribution in [-0.4, -0.2) is 34.2 Å². The fraction of sp³-hybridized carbons (Fsp3) is 0.588. The fourth-order valence-electron chi connectivity index (χ4n) is 2.08. The number of Topliss-reactive ketones (excluding diaryl/α,β-unsaturated/α-hetero) is 1. The Bertz CT molecular complexity index is 736. The van der Waals surface area contributed by atoms with Crippen molar-refractivity contribution in [3.63, 3.8) is 0 Å². The van der Waals surface area contributed by atoms with Gasteiger partial charge in [0.1, 0.15) is 11.2 Å². The fourth-order valence-corrected chi connectivity index (χ4v) is 3.52. The van der Waals surface area contributed by atoms with Crippen molar-refractivity contribution < 1.29 is 19.1 Å². The van der Waals surface area contributed by atoms with Gasteiger partial charge in [0.05, 0.1) is 17.0 Å². The van der Waals surface area contributed by atoms with Crippen molar-refractivity contribution in [1.29, 1.82) is 0 Å². The van der Waals surface area contributed by atoms with E-state index in [-0.39, 0.29) is 28.9 Å². The van der Waals surface area contributed by atoms with Crippen LogP contribution in [0.5, 0.6) is 0 Å². The Morgan fingerprint density at radius 1 is 1.19 bits per heavy atom. The number of carbonyl (C=O) groups is 3. The Morgan fingerprint density at radius 2 is 1.74 bits per heavy atom. The lowest BCUT2D eigenvalue weighted by Gasteiger charge is -2.30. The number of thiophene rings is 1. The summed E-state index contributed by atoms with van der Waals surface area (Å²) in [5.74, 6) is -1.17. The zero-order chi connectivity index (χ0) is 21.2. The van der Waals surface area contributed by atoms with Gasteiger partial charge in [-0.25, -0.2) is 4.79 Å². The van der Waals surface area contributed by atoms with Gasteiger partial charge < -0.3 is 15.4 Å². The molecule has 0 aliphatic rings. The van der Waals surface area contributed by atoms with Crippen molar-refractivity contribution in [1.82, 2.24) is 5.32 Å². The first kappa shape index (κ1) is 24.0. The number of halogens is 3. The molecular formula is C17H23Cl3N2O4S. The minimum atomic E-state index is -1.92. The highest BCUT2D eigenvalue weighted by Crippen LogP contribution is 2.38. The molecule has 1 atom stereocenters. The lowest BCUT2D eigenvalue weighted by molar-refractivity contribution is -0.129. The van der Waals surface area contributed by atoms with Crippen molar-refractivity contribution in [2.24, 2.45) is 5.41 Å². The summed E-state index contributed by atoms with van der Waals surface area (Å²) in [6.45, 7) is 10.0. The smallest absolute Gasteiger partial charge is 0.341 e. The number of esters is 1. The quantitative estimate of drug-likeness (QED) is 0.280. The second-order valence-corrected chi connectivity index (χ2v) is 10.3. The van der Waals surface area contributed by atoms with Crippen LogP contribution < -0.4 is 10.6 Å². The van der Waals surface area contributed by atoms with E-state index < -0.39 is 21.3 Å². The Kier molecular flexibility index (Phi) is 7.99. The van der Waals surface area contributed by atoms with Gasteiger partial charge in [0.15, 0.2) is 5.78 Å². The molecular weight excluding hydrogens is 435 g/mol. The van der Waals surface area contributed by atoms with E-state index in [1.165, 1.54) is 6.92 Å². The Hall–Kier alpha value is -1.02. The van der Waals surface area contributed by atoms with Crippen molar-refractivity contribution in [3.05, 3.63) is 16.0 Å². The molecule has 152 valence electrons. The van der Waals surface area contributed by atoms with Crippen LogP contribution in [0.1, 0.15) is 60.2 Å². The number of amides is 1. The van der Waals surface area contributed by atoms with Gasteiger partial charge in [-0.05, 0) is 26.3 Å². The van der Waals surface area contributed by atoms with Gasteiger partial charge in [-0.3, -0.25) is 9.59 Å². The lowest BCUT2D eigenvalue weighted by atomic mass is 9.95. The number of nitrogens with one attached hydrogen (secondary N) is 2. The van der Waals surface area contributed by atoms with Gasteiger partial charge in [-0.15, -0.1) is 11.3 Å². The van der Waals surface area contributed by atoms with Crippen LogP contribution in [0.2, 0.25) is 0 Å². The molecule has 1 heterocycles. The van der Waals surface area contributed by atoms with Gasteiger partial charge in [-0.1, -0.05) is 55.6 Å². The van der Waals surface area contributed by atoms with Gasteiger partial charge in [-0.2, -0.15) is 0 Å². The predicted octanol–water partition coefficient (Wildman–Crippen LogP) is 4.71. The maximum absolute atomic E-state index is 12.4. The number of alkyl halides is 3. The summed E-state index contributed by atoms with van der Waals surface area (Å²) in [7, 11) is 0. The summed E-state index contributed by atoms with van der Waals surface area (Å²) in [5, 5.41) is 5.79. The van der Waals surface area contributed by atoms with E-state index in [9.17, 15) is 14.4 Å². The lowest BCUT2D eigenvalue weighted by Crippen LogP contribution is -2.52. The van der Waals surface area contributed by atoms with Gasteiger partial charge in [0.25, 0.3) is 0 Å². The molecule has 0 radical (unpaired) electrons. The Morgan fingerprint density at radius 3 is 2.15 bits per heavy atom. The van der Waals surface area contributed by atoms with E-state index in [2.05, 4.69) is 10.6 Å². The van der Waals surface area contributed by atoms with Crippen LogP contribution in [0.25, 0.3) is 0 Å². The number of hydrogen-bond acceptors (Lipinski definition) is 6. The summed E-state index contributed by atoms with van der Waals surface area (Å²) in [6, 6.07) is 0. The average Bonchev–Trinajstić information content (AvgIpc) is 2.81. The predicted molar refractivity (Wildman–Crippen MR) is 110 cm³/mol. The molecule has 0 bridgehead atoms. The number of rotatable bonds is 6. The summed E-state index contributed by atoms with van der Waals surface area (Å²) >= 11 is 19.1. The van der Waals surface area contributed by atoms with Crippen molar-refractivity contribution in [2.75, 3.05) is 11.9 Å². The third-order valence-corrected chi connectivity index (χ3v) is 5.48. The molecule has 0 fully saturated rings. The topological polar surface area (TPSA) is 84.5 Å². The maximum Gasteiger partial charge on any atom is 0.341 e. The van der Waals surface area contributed by atoms with Crippen LogP contribution in [0.3, 0.4) is 0 Å². The standard InChI is InChI=1S/C17H23Cl3N2O4S/c1-7-26-13(24)10-8(2)11(9(3)23)27-12(10)21-14(17(18,19)20)22-15(25)16(4,5)6/h14,21H,7H2,1-6H3,(H,22,25). The largest absolute Gasteiger partial charge is 0.462 e. The molecule has 0 aromatic carbocycles. The maximum atomic E-state index is 12.4. The van der Waals surface area contributed by atoms with E-state index in [1.807, 2.05) is 0 Å². The SMILES string of the molecule is CCOC(=O)c1c(NC(NC(=O)C(C)(C)C)C(Cl)(Cl)Cl)sc(C(C)=O)c1C. The van der Waals surface area contributed by atoms with Crippen LogP contribution in [-0.2, 0) is 9.53 Å². The van der Waals surface area contributed by atoms with Crippen LogP contribution in [0, 0.1) is 12.3 Å². The second kappa shape index (κ2) is 8.99. The molecule has 0 saturated heterocycles. The van der Waals surface area contributed by atoms with Crippen molar-refractivity contribution in [3.8, 4) is 0 Å². The molecule has 6 nitrogen and oxygen atoms in total. The van der Waals surface area contributed by atoms with E-state index in [0.29, 0.717) is 10.4 Å². The van der Waals surface area contributed by atoms with E-state index in [4.69, 9.17) is 39.5 Å². The molecule has 1 rings (SSSR count). The summed E-state index contributed by atoms with van der Waals surface area (Å²) < 4.78 is 3.16. The number of hydrogen-bond donors (Lipinski definition) is 2. The molecule has 0 spiro atoms. The zero-order valence-electron chi connectivity index (χ0n) is 16.0.